The first-order valence-electron chi connectivity index (χ1n) is 8.18. The first kappa shape index (κ1) is 14.1. The van der Waals surface area contributed by atoms with E-state index in [2.05, 4.69) is 61.3 Å². The Labute approximate surface area is 123 Å². The first-order valence-corrected chi connectivity index (χ1v) is 8.18. The zero-order chi connectivity index (χ0) is 14.1. The molecule has 1 saturated carbocycles. The molecule has 4 atom stereocenters. The summed E-state index contributed by atoms with van der Waals surface area (Å²) in [4.78, 5) is 2.80. The van der Waals surface area contributed by atoms with E-state index in [9.17, 15) is 0 Å². The van der Waals surface area contributed by atoms with Crippen LogP contribution in [0.2, 0.25) is 0 Å². The molecule has 110 valence electrons. The highest BCUT2D eigenvalue weighted by molar-refractivity contribution is 5.16. The highest BCUT2D eigenvalue weighted by Gasteiger charge is 2.44. The molecule has 3 rings (SSSR count). The molecule has 1 heterocycles. The van der Waals surface area contributed by atoms with Gasteiger partial charge in [-0.25, -0.2) is 0 Å². The molecule has 1 N–H and O–H groups in total. The fourth-order valence-corrected chi connectivity index (χ4v) is 3.66. The van der Waals surface area contributed by atoms with Gasteiger partial charge in [-0.2, -0.15) is 0 Å². The largest absolute Gasteiger partial charge is 0.311 e. The Kier molecular flexibility index (Phi) is 4.13. The van der Waals surface area contributed by atoms with E-state index in [1.807, 2.05) is 0 Å². The number of benzene rings is 1. The maximum atomic E-state index is 3.78. The van der Waals surface area contributed by atoms with Crippen molar-refractivity contribution >= 4 is 0 Å². The van der Waals surface area contributed by atoms with Crippen molar-refractivity contribution < 1.29 is 0 Å². The van der Waals surface area contributed by atoms with Crippen molar-refractivity contribution in [3.63, 3.8) is 0 Å². The van der Waals surface area contributed by atoms with Crippen LogP contribution < -0.4 is 5.32 Å². The van der Waals surface area contributed by atoms with Gasteiger partial charge in [-0.15, -0.1) is 0 Å². The topological polar surface area (TPSA) is 15.3 Å². The standard InChI is InChI=1S/C18H28N2/c1-13(2)18-11-19-16(10-15-7-5-4-6-8-15)12-20(18)17-9-14(17)3/h4-8,13-14,16-19H,9-12H2,1-3H3. The van der Waals surface area contributed by atoms with Crippen molar-refractivity contribution in [2.24, 2.45) is 11.8 Å². The molecule has 0 spiro atoms. The predicted octanol–water partition coefficient (Wildman–Crippen LogP) is 2.94. The summed E-state index contributed by atoms with van der Waals surface area (Å²) in [5.74, 6) is 1.65. The second-order valence-electron chi connectivity index (χ2n) is 7.08. The van der Waals surface area contributed by atoms with Crippen LogP contribution in [0.15, 0.2) is 30.3 Å². The Morgan fingerprint density at radius 3 is 2.55 bits per heavy atom. The summed E-state index contributed by atoms with van der Waals surface area (Å²) >= 11 is 0. The first-order chi connectivity index (χ1) is 9.65. The fourth-order valence-electron chi connectivity index (χ4n) is 3.66. The van der Waals surface area contributed by atoms with E-state index in [0.717, 1.165) is 36.9 Å². The average molecular weight is 272 g/mol. The van der Waals surface area contributed by atoms with Crippen molar-refractivity contribution in [1.29, 1.82) is 0 Å². The van der Waals surface area contributed by atoms with E-state index in [1.165, 1.54) is 18.5 Å². The zero-order valence-electron chi connectivity index (χ0n) is 13.0. The molecule has 0 aromatic heterocycles. The fraction of sp³-hybridized carbons (Fsp3) is 0.667. The van der Waals surface area contributed by atoms with Gasteiger partial charge in [0.05, 0.1) is 0 Å². The minimum absolute atomic E-state index is 0.611. The quantitative estimate of drug-likeness (QED) is 0.906. The third-order valence-electron chi connectivity index (χ3n) is 5.06. The number of hydrogen-bond donors (Lipinski definition) is 1. The van der Waals surface area contributed by atoms with Crippen LogP contribution >= 0.6 is 0 Å². The minimum atomic E-state index is 0.611. The Balaban J connectivity index is 1.64. The van der Waals surface area contributed by atoms with E-state index >= 15 is 0 Å². The third-order valence-corrected chi connectivity index (χ3v) is 5.06. The van der Waals surface area contributed by atoms with E-state index < -0.39 is 0 Å². The van der Waals surface area contributed by atoms with Crippen LogP contribution in [-0.2, 0) is 6.42 Å². The molecule has 1 aliphatic carbocycles. The lowest BCUT2D eigenvalue weighted by atomic mass is 9.95. The average Bonchev–Trinajstić information content (AvgIpc) is 3.16. The molecule has 2 heteroatoms. The van der Waals surface area contributed by atoms with Gasteiger partial charge in [0.1, 0.15) is 0 Å². The maximum absolute atomic E-state index is 3.78. The molecule has 1 aromatic rings. The highest BCUT2D eigenvalue weighted by atomic mass is 15.3. The van der Waals surface area contributed by atoms with Gasteiger partial charge < -0.3 is 5.32 Å². The number of hydrogen-bond acceptors (Lipinski definition) is 2. The molecule has 0 radical (unpaired) electrons. The molecule has 0 amide bonds. The van der Waals surface area contributed by atoms with Crippen molar-refractivity contribution in [2.75, 3.05) is 13.1 Å². The van der Waals surface area contributed by atoms with E-state index in [4.69, 9.17) is 0 Å². The van der Waals surface area contributed by atoms with Crippen molar-refractivity contribution in [3.05, 3.63) is 35.9 Å². The number of rotatable bonds is 4. The summed E-state index contributed by atoms with van der Waals surface area (Å²) in [5, 5.41) is 3.78. The summed E-state index contributed by atoms with van der Waals surface area (Å²) in [6, 6.07) is 13.1. The monoisotopic (exact) mass is 272 g/mol. The van der Waals surface area contributed by atoms with Gasteiger partial charge in [0.2, 0.25) is 0 Å². The van der Waals surface area contributed by atoms with Gasteiger partial charge in [0.25, 0.3) is 0 Å². The van der Waals surface area contributed by atoms with Crippen molar-refractivity contribution in [1.82, 2.24) is 10.2 Å². The van der Waals surface area contributed by atoms with Crippen LogP contribution in [0.4, 0.5) is 0 Å². The van der Waals surface area contributed by atoms with Gasteiger partial charge in [-0.05, 0) is 30.2 Å². The van der Waals surface area contributed by atoms with Crippen LogP contribution in [0.1, 0.15) is 32.8 Å². The number of piperazine rings is 1. The van der Waals surface area contributed by atoms with Crippen LogP contribution in [0.5, 0.6) is 0 Å². The molecule has 1 aliphatic heterocycles. The van der Waals surface area contributed by atoms with Crippen LogP contribution in [0.3, 0.4) is 0 Å². The van der Waals surface area contributed by atoms with Gasteiger partial charge in [-0.1, -0.05) is 51.1 Å². The van der Waals surface area contributed by atoms with Crippen LogP contribution in [-0.4, -0.2) is 36.1 Å². The predicted molar refractivity (Wildman–Crippen MR) is 84.8 cm³/mol. The molecule has 20 heavy (non-hydrogen) atoms. The molecular formula is C18H28N2. The summed E-state index contributed by atoms with van der Waals surface area (Å²) in [6.07, 6.45) is 2.56. The maximum Gasteiger partial charge on any atom is 0.0247 e. The summed E-state index contributed by atoms with van der Waals surface area (Å²) in [6.45, 7) is 9.50. The Morgan fingerprint density at radius 2 is 1.95 bits per heavy atom. The smallest absolute Gasteiger partial charge is 0.0247 e. The SMILES string of the molecule is CC(C)C1CNC(Cc2ccccc2)CN1C1CC1C. The van der Waals surface area contributed by atoms with E-state index in [1.54, 1.807) is 0 Å². The van der Waals surface area contributed by atoms with Crippen LogP contribution in [0, 0.1) is 11.8 Å². The molecule has 4 unspecified atom stereocenters. The molecule has 1 saturated heterocycles. The number of nitrogens with one attached hydrogen (secondary N) is 1. The zero-order valence-corrected chi connectivity index (χ0v) is 13.0. The lowest BCUT2D eigenvalue weighted by molar-refractivity contribution is 0.0861. The van der Waals surface area contributed by atoms with E-state index in [0.29, 0.717) is 6.04 Å². The lowest BCUT2D eigenvalue weighted by Gasteiger charge is -2.43. The second-order valence-corrected chi connectivity index (χ2v) is 7.08. The van der Waals surface area contributed by atoms with Gasteiger partial charge in [-0.3, -0.25) is 4.90 Å². The molecule has 1 aromatic carbocycles. The normalized spacial score (nSPS) is 34.4. The lowest BCUT2D eigenvalue weighted by Crippen LogP contribution is -2.59. The van der Waals surface area contributed by atoms with Gasteiger partial charge in [0.15, 0.2) is 0 Å². The summed E-state index contributed by atoms with van der Waals surface area (Å²) < 4.78 is 0. The highest BCUT2D eigenvalue weighted by Crippen LogP contribution is 2.38. The Hall–Kier alpha value is -0.860. The number of nitrogens with zero attached hydrogens (tertiary/aromatic N) is 1. The third kappa shape index (κ3) is 3.07. The summed E-state index contributed by atoms with van der Waals surface area (Å²) in [7, 11) is 0. The minimum Gasteiger partial charge on any atom is -0.311 e. The van der Waals surface area contributed by atoms with Crippen molar-refractivity contribution in [3.8, 4) is 0 Å². The molecule has 2 nitrogen and oxygen atoms in total. The Morgan fingerprint density at radius 1 is 1.25 bits per heavy atom. The van der Waals surface area contributed by atoms with Gasteiger partial charge in [0, 0.05) is 31.2 Å². The molecule has 2 fully saturated rings. The van der Waals surface area contributed by atoms with E-state index in [-0.39, 0.29) is 0 Å². The second kappa shape index (κ2) is 5.87. The van der Waals surface area contributed by atoms with Gasteiger partial charge >= 0.3 is 0 Å². The molecule has 0 bridgehead atoms. The molecular weight excluding hydrogens is 244 g/mol. The van der Waals surface area contributed by atoms with Crippen molar-refractivity contribution in [2.45, 2.75) is 51.7 Å². The summed E-state index contributed by atoms with van der Waals surface area (Å²) in [5.41, 5.74) is 1.46. The van der Waals surface area contributed by atoms with Crippen LogP contribution in [0.25, 0.3) is 0 Å². The molecule has 2 aliphatic rings. The Bertz CT molecular complexity index is 428.